The molecule has 23 heavy (non-hydrogen) atoms. The zero-order chi connectivity index (χ0) is 16.2. The Morgan fingerprint density at radius 3 is 2.48 bits per heavy atom. The first-order chi connectivity index (χ1) is 11.1. The second-order valence-corrected chi connectivity index (χ2v) is 5.36. The molecule has 3 rings (SSSR count). The van der Waals surface area contributed by atoms with Gasteiger partial charge < -0.3 is 16.0 Å². The van der Waals surface area contributed by atoms with Gasteiger partial charge in [-0.25, -0.2) is 4.79 Å². The lowest BCUT2D eigenvalue weighted by Gasteiger charge is -2.16. The fraction of sp³-hybridized carbons (Fsp3) is 0.111. The average molecular weight is 307 g/mol. The van der Waals surface area contributed by atoms with Gasteiger partial charge in [0.2, 0.25) is 0 Å². The lowest BCUT2D eigenvalue weighted by atomic mass is 9.97. The number of nitrogens with two attached hydrogens (primary N) is 1. The van der Waals surface area contributed by atoms with Crippen molar-refractivity contribution in [1.29, 1.82) is 0 Å². The van der Waals surface area contributed by atoms with Gasteiger partial charge in [0.1, 0.15) is 0 Å². The van der Waals surface area contributed by atoms with Gasteiger partial charge in [0, 0.05) is 29.1 Å². The second-order valence-electron chi connectivity index (χ2n) is 5.36. The van der Waals surface area contributed by atoms with Gasteiger partial charge in [-0.1, -0.05) is 48.5 Å². The first-order valence-electron chi connectivity index (χ1n) is 7.35. The standard InChI is InChI=1S/C18H17N3O2/c19-18(23)21-16(10-12-6-2-1-3-7-12)17(22)14-11-20-15-9-5-4-8-13(14)15/h1-9,11,16,20H,10H2,(H3,19,21,23). The molecular formula is C18H17N3O2. The van der Waals surface area contributed by atoms with Crippen molar-refractivity contribution in [3.05, 3.63) is 71.9 Å². The highest BCUT2D eigenvalue weighted by Gasteiger charge is 2.24. The number of urea groups is 1. The van der Waals surface area contributed by atoms with E-state index < -0.39 is 12.1 Å². The Labute approximate surface area is 133 Å². The molecule has 0 aliphatic rings. The van der Waals surface area contributed by atoms with Crippen LogP contribution in [0.3, 0.4) is 0 Å². The number of primary amides is 1. The van der Waals surface area contributed by atoms with Crippen LogP contribution in [0.4, 0.5) is 4.79 Å². The number of hydrogen-bond donors (Lipinski definition) is 3. The summed E-state index contributed by atoms with van der Waals surface area (Å²) in [5.41, 5.74) is 7.63. The molecule has 1 aromatic heterocycles. The van der Waals surface area contributed by atoms with Gasteiger partial charge in [-0.2, -0.15) is 0 Å². The second kappa shape index (κ2) is 6.36. The first-order valence-corrected chi connectivity index (χ1v) is 7.35. The van der Waals surface area contributed by atoms with E-state index >= 15 is 0 Å². The lowest BCUT2D eigenvalue weighted by molar-refractivity contribution is 0.0948. The van der Waals surface area contributed by atoms with E-state index in [1.165, 1.54) is 0 Å². The number of ketones is 1. The molecule has 0 aliphatic carbocycles. The summed E-state index contributed by atoms with van der Waals surface area (Å²) in [7, 11) is 0. The van der Waals surface area contributed by atoms with Crippen LogP contribution in [0.2, 0.25) is 0 Å². The molecule has 2 aromatic carbocycles. The highest BCUT2D eigenvalue weighted by Crippen LogP contribution is 2.20. The van der Waals surface area contributed by atoms with Crippen LogP contribution in [0.5, 0.6) is 0 Å². The van der Waals surface area contributed by atoms with Crippen LogP contribution >= 0.6 is 0 Å². The van der Waals surface area contributed by atoms with Crippen LogP contribution in [0.25, 0.3) is 10.9 Å². The van der Waals surface area contributed by atoms with E-state index in [1.807, 2.05) is 54.6 Å². The van der Waals surface area contributed by atoms with Crippen molar-refractivity contribution in [1.82, 2.24) is 10.3 Å². The van der Waals surface area contributed by atoms with Gasteiger partial charge in [-0.15, -0.1) is 0 Å². The topological polar surface area (TPSA) is 88.0 Å². The molecule has 4 N–H and O–H groups in total. The third-order valence-corrected chi connectivity index (χ3v) is 3.77. The minimum atomic E-state index is -0.709. The predicted molar refractivity (Wildman–Crippen MR) is 89.3 cm³/mol. The zero-order valence-corrected chi connectivity index (χ0v) is 12.5. The Hall–Kier alpha value is -3.08. The molecule has 0 saturated heterocycles. The van der Waals surface area contributed by atoms with Crippen LogP contribution in [0.1, 0.15) is 15.9 Å². The van der Waals surface area contributed by atoms with E-state index in [9.17, 15) is 9.59 Å². The number of rotatable bonds is 5. The van der Waals surface area contributed by atoms with Gasteiger partial charge >= 0.3 is 6.03 Å². The number of hydrogen-bond acceptors (Lipinski definition) is 2. The molecule has 0 saturated carbocycles. The van der Waals surface area contributed by atoms with Gasteiger partial charge in [0.25, 0.3) is 0 Å². The molecule has 2 amide bonds. The molecule has 116 valence electrons. The zero-order valence-electron chi connectivity index (χ0n) is 12.5. The number of H-pyrrole nitrogens is 1. The number of aromatic nitrogens is 1. The minimum absolute atomic E-state index is 0.162. The average Bonchev–Trinajstić information content (AvgIpc) is 2.98. The molecule has 0 radical (unpaired) electrons. The SMILES string of the molecule is NC(=O)NC(Cc1ccccc1)C(=O)c1c[nH]c2ccccc12. The molecule has 1 unspecified atom stereocenters. The Kier molecular flexibility index (Phi) is 4.10. The van der Waals surface area contributed by atoms with Gasteiger partial charge in [0.15, 0.2) is 5.78 Å². The number of benzene rings is 2. The Balaban J connectivity index is 1.92. The predicted octanol–water partition coefficient (Wildman–Crippen LogP) is 2.63. The monoisotopic (exact) mass is 307 g/mol. The lowest BCUT2D eigenvalue weighted by Crippen LogP contribution is -2.45. The Bertz CT molecular complexity index is 840. The summed E-state index contributed by atoms with van der Waals surface area (Å²) in [6.45, 7) is 0. The highest BCUT2D eigenvalue weighted by atomic mass is 16.2. The number of Topliss-reactive ketones (excluding diaryl/α,β-unsaturated/α-hetero) is 1. The van der Waals surface area contributed by atoms with Crippen LogP contribution in [0.15, 0.2) is 60.8 Å². The fourth-order valence-corrected chi connectivity index (χ4v) is 2.69. The summed E-state index contributed by atoms with van der Waals surface area (Å²) < 4.78 is 0. The summed E-state index contributed by atoms with van der Waals surface area (Å²) in [6.07, 6.45) is 2.07. The van der Waals surface area contributed by atoms with Gasteiger partial charge in [0.05, 0.1) is 6.04 Å². The van der Waals surface area contributed by atoms with E-state index in [2.05, 4.69) is 10.3 Å². The van der Waals surface area contributed by atoms with Crippen molar-refractivity contribution >= 4 is 22.7 Å². The molecular weight excluding hydrogens is 290 g/mol. The molecule has 0 bridgehead atoms. The fourth-order valence-electron chi connectivity index (χ4n) is 2.69. The van der Waals surface area contributed by atoms with E-state index in [0.29, 0.717) is 12.0 Å². The van der Waals surface area contributed by atoms with Crippen LogP contribution in [-0.4, -0.2) is 22.8 Å². The molecule has 3 aromatic rings. The van der Waals surface area contributed by atoms with Crippen molar-refractivity contribution in [2.24, 2.45) is 5.73 Å². The third-order valence-electron chi connectivity index (χ3n) is 3.77. The summed E-state index contributed by atoms with van der Waals surface area (Å²) in [5.74, 6) is -0.162. The van der Waals surface area contributed by atoms with Crippen molar-refractivity contribution in [3.8, 4) is 0 Å². The molecule has 1 atom stereocenters. The van der Waals surface area contributed by atoms with Gasteiger partial charge in [-0.05, 0) is 11.6 Å². The summed E-state index contributed by atoms with van der Waals surface area (Å²) in [5, 5.41) is 3.39. The summed E-state index contributed by atoms with van der Waals surface area (Å²) >= 11 is 0. The maximum Gasteiger partial charge on any atom is 0.312 e. The number of carbonyl (C=O) groups is 2. The number of fused-ring (bicyclic) bond motifs is 1. The number of nitrogens with one attached hydrogen (secondary N) is 2. The molecule has 5 nitrogen and oxygen atoms in total. The van der Waals surface area contributed by atoms with E-state index in [1.54, 1.807) is 6.20 Å². The molecule has 0 fully saturated rings. The van der Waals surface area contributed by atoms with Crippen molar-refractivity contribution < 1.29 is 9.59 Å². The van der Waals surface area contributed by atoms with E-state index in [-0.39, 0.29) is 5.78 Å². The summed E-state index contributed by atoms with van der Waals surface area (Å²) in [4.78, 5) is 27.2. The quantitative estimate of drug-likeness (QED) is 0.633. The Morgan fingerprint density at radius 1 is 1.04 bits per heavy atom. The molecule has 0 spiro atoms. The normalized spacial score (nSPS) is 12.0. The van der Waals surface area contributed by atoms with E-state index in [0.717, 1.165) is 16.5 Å². The Morgan fingerprint density at radius 2 is 1.74 bits per heavy atom. The van der Waals surface area contributed by atoms with Crippen LogP contribution < -0.4 is 11.1 Å². The number of carbonyl (C=O) groups excluding carboxylic acids is 2. The molecule has 0 aliphatic heterocycles. The van der Waals surface area contributed by atoms with E-state index in [4.69, 9.17) is 5.73 Å². The van der Waals surface area contributed by atoms with Crippen LogP contribution in [0, 0.1) is 0 Å². The summed E-state index contributed by atoms with van der Waals surface area (Å²) in [6, 6.07) is 15.7. The maximum atomic E-state index is 12.9. The van der Waals surface area contributed by atoms with Crippen molar-refractivity contribution in [2.75, 3.05) is 0 Å². The van der Waals surface area contributed by atoms with Crippen molar-refractivity contribution in [2.45, 2.75) is 12.5 Å². The first kappa shape index (κ1) is 14.8. The molecule has 1 heterocycles. The van der Waals surface area contributed by atoms with Crippen molar-refractivity contribution in [3.63, 3.8) is 0 Å². The minimum Gasteiger partial charge on any atom is -0.360 e. The smallest absolute Gasteiger partial charge is 0.312 e. The largest absolute Gasteiger partial charge is 0.360 e. The third kappa shape index (κ3) is 3.23. The maximum absolute atomic E-state index is 12.9. The van der Waals surface area contributed by atoms with Gasteiger partial charge in [-0.3, -0.25) is 4.79 Å². The number of amides is 2. The number of para-hydroxylation sites is 1. The molecule has 5 heteroatoms. The number of aromatic amines is 1. The van der Waals surface area contributed by atoms with Crippen LogP contribution in [-0.2, 0) is 6.42 Å². The highest BCUT2D eigenvalue weighted by molar-refractivity contribution is 6.11.